The second-order valence-corrected chi connectivity index (χ2v) is 9.08. The number of rotatable bonds is 9. The molecule has 0 radical (unpaired) electrons. The van der Waals surface area contributed by atoms with Crippen molar-refractivity contribution in [3.05, 3.63) is 81.9 Å². The Morgan fingerprint density at radius 2 is 1.95 bits per heavy atom. The molecule has 1 aromatic heterocycles. The number of nitrogens with zero attached hydrogens (tertiary/aromatic N) is 3. The highest BCUT2D eigenvalue weighted by atomic mass is 19.1. The zero-order valence-electron chi connectivity index (χ0n) is 20.4. The van der Waals surface area contributed by atoms with Gasteiger partial charge in [-0.05, 0) is 68.5 Å². The number of nitrogens with one attached hydrogen (secondary N) is 1. The van der Waals surface area contributed by atoms with Crippen LogP contribution < -0.4 is 16.0 Å². The van der Waals surface area contributed by atoms with Crippen molar-refractivity contribution in [2.45, 2.75) is 45.1 Å². The van der Waals surface area contributed by atoms with Crippen LogP contribution >= 0.6 is 0 Å². The first-order chi connectivity index (χ1) is 17.8. The molecule has 4 rings (SSSR count). The van der Waals surface area contributed by atoms with Crippen molar-refractivity contribution in [1.29, 1.82) is 5.26 Å². The van der Waals surface area contributed by atoms with Gasteiger partial charge < -0.3 is 10.4 Å². The Morgan fingerprint density at radius 1 is 1.16 bits per heavy atom. The number of aromatic nitrogens is 2. The summed E-state index contributed by atoms with van der Waals surface area (Å²) < 4.78 is 13.2. The van der Waals surface area contributed by atoms with Crippen LogP contribution in [0.25, 0.3) is 23.4 Å². The Balaban J connectivity index is 1.62. The Labute approximate surface area is 214 Å². The molecule has 37 heavy (non-hydrogen) atoms. The predicted octanol–water partition coefficient (Wildman–Crippen LogP) is 3.41. The van der Waals surface area contributed by atoms with Crippen molar-refractivity contribution in [3.8, 4) is 17.3 Å². The topological polar surface area (TPSA) is 116 Å². The van der Waals surface area contributed by atoms with Crippen molar-refractivity contribution in [1.82, 2.24) is 15.3 Å². The number of fused-ring (bicyclic) bond motifs is 1. The molecule has 0 saturated carbocycles. The Hall–Kier alpha value is -4.38. The third-order valence-electron chi connectivity index (χ3n) is 6.33. The van der Waals surface area contributed by atoms with Gasteiger partial charge in [-0.3, -0.25) is 9.59 Å². The molecule has 1 aliphatic carbocycles. The number of carbonyl (C=O) groups excluding carboxylic acids is 1. The van der Waals surface area contributed by atoms with Crippen LogP contribution in [0.3, 0.4) is 0 Å². The first-order valence-electron chi connectivity index (χ1n) is 12.2. The zero-order valence-corrected chi connectivity index (χ0v) is 20.4. The molecule has 8 heteroatoms. The summed E-state index contributed by atoms with van der Waals surface area (Å²) in [7, 11) is 0. The molecule has 2 N–H and O–H groups in total. The first-order valence-corrected chi connectivity index (χ1v) is 12.2. The molecule has 0 spiro atoms. The average Bonchev–Trinajstić information content (AvgIpc) is 2.90. The summed E-state index contributed by atoms with van der Waals surface area (Å²) in [5.74, 6) is -1.76. The molecular weight excluding hydrogens is 471 g/mol. The second-order valence-electron chi connectivity index (χ2n) is 9.08. The van der Waals surface area contributed by atoms with E-state index < -0.39 is 11.9 Å². The van der Waals surface area contributed by atoms with E-state index in [0.717, 1.165) is 11.1 Å². The molecule has 2 aromatic carbocycles. The summed E-state index contributed by atoms with van der Waals surface area (Å²) >= 11 is 0. The van der Waals surface area contributed by atoms with Gasteiger partial charge in [0.2, 0.25) is 5.91 Å². The van der Waals surface area contributed by atoms with Gasteiger partial charge in [0, 0.05) is 12.0 Å². The lowest BCUT2D eigenvalue weighted by Gasteiger charge is -2.19. The Bertz CT molecular complexity index is 1480. The number of aryl methyl sites for hydroxylation is 1. The van der Waals surface area contributed by atoms with E-state index in [1.54, 1.807) is 30.3 Å². The number of aliphatic carboxylic acids is 1. The highest BCUT2D eigenvalue weighted by Crippen LogP contribution is 2.22. The van der Waals surface area contributed by atoms with Crippen molar-refractivity contribution in [2.75, 3.05) is 0 Å². The number of hydrogen-bond donors (Lipinski definition) is 2. The summed E-state index contributed by atoms with van der Waals surface area (Å²) in [6, 6.07) is 15.0. The highest BCUT2D eigenvalue weighted by Gasteiger charge is 2.21. The van der Waals surface area contributed by atoms with Crippen LogP contribution in [-0.2, 0) is 16.0 Å². The fourth-order valence-electron chi connectivity index (χ4n) is 4.32. The van der Waals surface area contributed by atoms with E-state index in [1.165, 1.54) is 12.1 Å². The molecule has 1 aliphatic rings. The maximum Gasteiger partial charge on any atom is 0.303 e. The van der Waals surface area contributed by atoms with E-state index in [-0.39, 0.29) is 24.2 Å². The van der Waals surface area contributed by atoms with E-state index in [9.17, 15) is 19.2 Å². The minimum absolute atomic E-state index is 0.0754. The molecule has 2 atom stereocenters. The summed E-state index contributed by atoms with van der Waals surface area (Å²) in [4.78, 5) is 33.6. The largest absolute Gasteiger partial charge is 0.481 e. The number of carbonyl (C=O) groups is 2. The van der Waals surface area contributed by atoms with Crippen LogP contribution in [-0.4, -0.2) is 27.0 Å². The maximum absolute atomic E-state index is 13.2. The standard InChI is InChI=1S/C29H27FN4O3/c1-18(20-9-12-23(30)13-10-20)32-29(37)22-11-14-24-26(16-22)33-25(7-2-3-8-27(35)36)28(34-24)21-6-4-5-19(15-21)17-31/h4-6,9-10,12-16,18,22H,2-3,7-8,11H2,1H3,(H,32,37)(H,35,36)/t18-,22?/m1/s1. The van der Waals surface area contributed by atoms with Crippen LogP contribution in [0.15, 0.2) is 48.5 Å². The molecule has 3 aromatic rings. The Kier molecular flexibility index (Phi) is 8.04. The van der Waals surface area contributed by atoms with E-state index in [4.69, 9.17) is 15.1 Å². The number of unbranched alkanes of at least 4 members (excludes halogenated alkanes) is 1. The molecule has 0 saturated heterocycles. The number of nitriles is 1. The lowest BCUT2D eigenvalue weighted by atomic mass is 9.98. The number of amides is 1. The maximum atomic E-state index is 13.2. The van der Waals surface area contributed by atoms with E-state index in [1.807, 2.05) is 25.1 Å². The van der Waals surface area contributed by atoms with Gasteiger partial charge in [0.15, 0.2) is 0 Å². The lowest BCUT2D eigenvalue weighted by Crippen LogP contribution is -2.40. The zero-order chi connectivity index (χ0) is 26.4. The number of carboxylic acid groups (broad SMARTS) is 1. The van der Waals surface area contributed by atoms with Crippen molar-refractivity contribution in [3.63, 3.8) is 0 Å². The summed E-state index contributed by atoms with van der Waals surface area (Å²) in [5, 5.41) is 22.5. The molecule has 1 amide bonds. The number of halogens is 1. The number of benzene rings is 2. The van der Waals surface area contributed by atoms with Crippen molar-refractivity contribution in [2.24, 2.45) is 5.92 Å². The summed E-state index contributed by atoms with van der Waals surface area (Å²) in [6.45, 7) is 1.85. The molecule has 188 valence electrons. The van der Waals surface area contributed by atoms with Crippen LogP contribution in [0.2, 0.25) is 0 Å². The molecule has 1 heterocycles. The van der Waals surface area contributed by atoms with Gasteiger partial charge in [0.25, 0.3) is 0 Å². The van der Waals surface area contributed by atoms with Crippen molar-refractivity contribution < 1.29 is 19.1 Å². The van der Waals surface area contributed by atoms with Crippen LogP contribution in [0.1, 0.15) is 55.5 Å². The summed E-state index contributed by atoms with van der Waals surface area (Å²) in [5.41, 5.74) is 3.44. The number of carboxylic acids is 1. The van der Waals surface area contributed by atoms with E-state index >= 15 is 0 Å². The molecule has 0 bridgehead atoms. The monoisotopic (exact) mass is 498 g/mol. The average molecular weight is 499 g/mol. The molecule has 0 aliphatic heterocycles. The minimum atomic E-state index is -0.842. The normalized spacial score (nSPS) is 14.9. The van der Waals surface area contributed by atoms with E-state index in [2.05, 4.69) is 11.4 Å². The van der Waals surface area contributed by atoms with E-state index in [0.29, 0.717) is 53.3 Å². The fraction of sp³-hybridized carbons (Fsp3) is 0.276. The third kappa shape index (κ3) is 6.44. The molecular formula is C29H27FN4O3. The second kappa shape index (κ2) is 11.6. The smallest absolute Gasteiger partial charge is 0.303 e. The van der Waals surface area contributed by atoms with Crippen LogP contribution in [0.4, 0.5) is 4.39 Å². The molecule has 0 fully saturated rings. The van der Waals surface area contributed by atoms with Gasteiger partial charge in [0.05, 0.1) is 45.7 Å². The summed E-state index contributed by atoms with van der Waals surface area (Å²) in [6.07, 6.45) is 5.88. The van der Waals surface area contributed by atoms with Gasteiger partial charge in [-0.1, -0.05) is 30.3 Å². The van der Waals surface area contributed by atoms with Gasteiger partial charge in [-0.2, -0.15) is 5.26 Å². The SMILES string of the molecule is C[C@@H](NC(=O)C1C=c2nc(CCCCC(=O)O)c(-c3cccc(C#N)c3)nc2=CC1)c1ccc(F)cc1. The van der Waals surface area contributed by atoms with Crippen LogP contribution in [0, 0.1) is 23.1 Å². The first kappa shape index (κ1) is 25.7. The Morgan fingerprint density at radius 3 is 2.68 bits per heavy atom. The predicted molar refractivity (Wildman–Crippen MR) is 137 cm³/mol. The highest BCUT2D eigenvalue weighted by molar-refractivity contribution is 5.85. The van der Waals surface area contributed by atoms with Gasteiger partial charge in [0.1, 0.15) is 5.82 Å². The molecule has 1 unspecified atom stereocenters. The third-order valence-corrected chi connectivity index (χ3v) is 6.33. The lowest BCUT2D eigenvalue weighted by molar-refractivity contribution is -0.137. The van der Waals surface area contributed by atoms with Crippen LogP contribution in [0.5, 0.6) is 0 Å². The number of hydrogen-bond acceptors (Lipinski definition) is 5. The minimum Gasteiger partial charge on any atom is -0.481 e. The molecule has 7 nitrogen and oxygen atoms in total. The van der Waals surface area contributed by atoms with Gasteiger partial charge in [-0.15, -0.1) is 0 Å². The van der Waals surface area contributed by atoms with Gasteiger partial charge in [-0.25, -0.2) is 14.4 Å². The van der Waals surface area contributed by atoms with Gasteiger partial charge >= 0.3 is 5.97 Å². The fourth-order valence-corrected chi connectivity index (χ4v) is 4.32. The van der Waals surface area contributed by atoms with Crippen molar-refractivity contribution >= 4 is 24.0 Å². The quantitative estimate of drug-likeness (QED) is 0.437.